The molecule has 1 fully saturated rings. The van der Waals surface area contributed by atoms with Gasteiger partial charge in [0, 0.05) is 44.8 Å². The van der Waals surface area contributed by atoms with Crippen molar-refractivity contribution in [3.05, 3.63) is 45.7 Å². The highest BCUT2D eigenvalue weighted by Gasteiger charge is 2.23. The number of hydrogen-bond donors (Lipinski definition) is 0. The molecule has 0 aliphatic carbocycles. The zero-order valence-corrected chi connectivity index (χ0v) is 16.3. The van der Waals surface area contributed by atoms with E-state index in [4.69, 9.17) is 0 Å². The molecule has 0 amide bonds. The van der Waals surface area contributed by atoms with Crippen molar-refractivity contribution in [3.8, 4) is 0 Å². The van der Waals surface area contributed by atoms with Crippen LogP contribution in [0.15, 0.2) is 40.0 Å². The first-order chi connectivity index (χ1) is 12.7. The lowest BCUT2D eigenvalue weighted by Gasteiger charge is -2.31. The van der Waals surface area contributed by atoms with E-state index < -0.39 is 0 Å². The van der Waals surface area contributed by atoms with E-state index in [0.29, 0.717) is 19.0 Å². The predicted octanol–water partition coefficient (Wildman–Crippen LogP) is 2.69. The number of rotatable bonds is 4. The number of hydrogen-bond acceptors (Lipinski definition) is 5. The monoisotopic (exact) mass is 416 g/mol. The van der Waals surface area contributed by atoms with E-state index in [9.17, 15) is 4.79 Å². The third-order valence-corrected chi connectivity index (χ3v) is 5.44. The summed E-state index contributed by atoms with van der Waals surface area (Å²) in [4.78, 5) is 28.2. The van der Waals surface area contributed by atoms with E-state index in [0.717, 1.165) is 47.5 Å². The fraction of sp³-hybridized carbons (Fsp3) is 0.444. The van der Waals surface area contributed by atoms with Crippen LogP contribution in [-0.4, -0.2) is 37.2 Å². The molecule has 3 aromatic heterocycles. The van der Waals surface area contributed by atoms with E-state index in [2.05, 4.69) is 35.8 Å². The first-order valence-electron chi connectivity index (χ1n) is 8.94. The molecule has 7 nitrogen and oxygen atoms in total. The van der Waals surface area contributed by atoms with Crippen molar-refractivity contribution in [2.45, 2.75) is 32.9 Å². The van der Waals surface area contributed by atoms with Crippen molar-refractivity contribution in [2.24, 2.45) is 5.92 Å². The van der Waals surface area contributed by atoms with Gasteiger partial charge in [0.15, 0.2) is 5.65 Å². The molecular formula is C18H21BrN6O. The van der Waals surface area contributed by atoms with Crippen LogP contribution in [0.2, 0.25) is 0 Å². The Kier molecular flexibility index (Phi) is 4.76. The van der Waals surface area contributed by atoms with E-state index in [1.54, 1.807) is 23.2 Å². The average molecular weight is 417 g/mol. The highest BCUT2D eigenvalue weighted by molar-refractivity contribution is 9.10. The number of aromatic nitrogens is 5. The topological polar surface area (TPSA) is 68.8 Å². The minimum absolute atomic E-state index is 0.0415. The Bertz CT molecular complexity index is 956. The highest BCUT2D eigenvalue weighted by Crippen LogP contribution is 2.23. The molecular weight excluding hydrogens is 396 g/mol. The van der Waals surface area contributed by atoms with Gasteiger partial charge in [-0.1, -0.05) is 0 Å². The van der Waals surface area contributed by atoms with Crippen LogP contribution in [0.5, 0.6) is 0 Å². The van der Waals surface area contributed by atoms with Gasteiger partial charge < -0.3 is 4.90 Å². The summed E-state index contributed by atoms with van der Waals surface area (Å²) in [5, 5.41) is 0. The van der Waals surface area contributed by atoms with Crippen molar-refractivity contribution in [3.63, 3.8) is 0 Å². The molecule has 8 heteroatoms. The maximum Gasteiger partial charge on any atom is 0.330 e. The van der Waals surface area contributed by atoms with Crippen LogP contribution < -0.4 is 10.6 Å². The van der Waals surface area contributed by atoms with Crippen molar-refractivity contribution in [1.82, 2.24) is 24.1 Å². The smallest absolute Gasteiger partial charge is 0.330 e. The maximum absolute atomic E-state index is 12.8. The van der Waals surface area contributed by atoms with Crippen molar-refractivity contribution < 1.29 is 0 Å². The summed E-state index contributed by atoms with van der Waals surface area (Å²) in [7, 11) is 0. The second-order valence-corrected chi connectivity index (χ2v) is 7.53. The van der Waals surface area contributed by atoms with Gasteiger partial charge in [0.25, 0.3) is 0 Å². The summed E-state index contributed by atoms with van der Waals surface area (Å²) < 4.78 is 4.53. The predicted molar refractivity (Wildman–Crippen MR) is 104 cm³/mol. The molecule has 3 aromatic rings. The number of imidazole rings is 1. The fourth-order valence-electron chi connectivity index (χ4n) is 3.66. The number of pyridine rings is 1. The van der Waals surface area contributed by atoms with Crippen molar-refractivity contribution in [2.75, 3.05) is 18.0 Å². The molecule has 0 radical (unpaired) electrons. The van der Waals surface area contributed by atoms with Gasteiger partial charge in [-0.3, -0.25) is 9.13 Å². The first kappa shape index (κ1) is 17.2. The highest BCUT2D eigenvalue weighted by atomic mass is 79.9. The van der Waals surface area contributed by atoms with Gasteiger partial charge in [0.2, 0.25) is 5.95 Å². The molecule has 1 aliphatic heterocycles. The standard InChI is InChI=1S/C18H21BrN6O/c1-2-24-15-4-3-7-20-16(15)25(18(24)26)12-13-5-8-23(9-6-13)17-21-10-14(19)11-22-17/h3-4,7,10-11,13H,2,5-6,8-9,12H2,1H3. The van der Waals surface area contributed by atoms with E-state index in [-0.39, 0.29) is 5.69 Å². The van der Waals surface area contributed by atoms with Crippen LogP contribution in [-0.2, 0) is 13.1 Å². The normalized spacial score (nSPS) is 15.7. The Hall–Kier alpha value is -2.22. The molecule has 4 rings (SSSR count). The van der Waals surface area contributed by atoms with Crippen LogP contribution in [0.4, 0.5) is 5.95 Å². The van der Waals surface area contributed by atoms with E-state index >= 15 is 0 Å². The summed E-state index contributed by atoms with van der Waals surface area (Å²) >= 11 is 3.37. The lowest BCUT2D eigenvalue weighted by molar-refractivity contribution is 0.352. The average Bonchev–Trinajstić information content (AvgIpc) is 2.94. The number of aryl methyl sites for hydroxylation is 1. The SMILES string of the molecule is CCn1c(=O)n(CC2CCN(c3ncc(Br)cn3)CC2)c2ncccc21. The molecule has 0 aromatic carbocycles. The van der Waals surface area contributed by atoms with E-state index in [1.165, 1.54) is 0 Å². The van der Waals surface area contributed by atoms with Gasteiger partial charge in [-0.25, -0.2) is 19.7 Å². The summed E-state index contributed by atoms with van der Waals surface area (Å²) in [6.45, 7) is 5.18. The molecule has 0 N–H and O–H groups in total. The first-order valence-corrected chi connectivity index (χ1v) is 9.73. The largest absolute Gasteiger partial charge is 0.341 e. The molecule has 0 unspecified atom stereocenters. The molecule has 0 spiro atoms. The van der Waals surface area contributed by atoms with Crippen molar-refractivity contribution >= 4 is 33.0 Å². The van der Waals surface area contributed by atoms with Gasteiger partial charge in [-0.05, 0) is 53.7 Å². The quantitative estimate of drug-likeness (QED) is 0.653. The molecule has 0 atom stereocenters. The minimum Gasteiger partial charge on any atom is -0.341 e. The van der Waals surface area contributed by atoms with Gasteiger partial charge in [0.1, 0.15) is 0 Å². The maximum atomic E-state index is 12.8. The molecule has 0 bridgehead atoms. The lowest BCUT2D eigenvalue weighted by atomic mass is 9.97. The number of anilines is 1. The second kappa shape index (κ2) is 7.19. The summed E-state index contributed by atoms with van der Waals surface area (Å²) in [5.41, 5.74) is 1.75. The third-order valence-electron chi connectivity index (χ3n) is 5.04. The molecule has 136 valence electrons. The van der Waals surface area contributed by atoms with Crippen LogP contribution >= 0.6 is 15.9 Å². The second-order valence-electron chi connectivity index (χ2n) is 6.62. The van der Waals surface area contributed by atoms with Crippen LogP contribution in [0.1, 0.15) is 19.8 Å². The number of halogens is 1. The molecule has 4 heterocycles. The zero-order chi connectivity index (χ0) is 18.1. The Morgan fingerprint density at radius 3 is 2.58 bits per heavy atom. The lowest BCUT2D eigenvalue weighted by Crippen LogP contribution is -2.37. The number of piperidine rings is 1. The van der Waals surface area contributed by atoms with Crippen molar-refractivity contribution in [1.29, 1.82) is 0 Å². The third kappa shape index (κ3) is 3.13. The zero-order valence-electron chi connectivity index (χ0n) is 14.7. The minimum atomic E-state index is 0.0415. The molecule has 26 heavy (non-hydrogen) atoms. The molecule has 0 saturated carbocycles. The number of fused-ring (bicyclic) bond motifs is 1. The number of nitrogens with zero attached hydrogens (tertiary/aromatic N) is 6. The van der Waals surface area contributed by atoms with Gasteiger partial charge in [-0.2, -0.15) is 0 Å². The van der Waals surface area contributed by atoms with Gasteiger partial charge >= 0.3 is 5.69 Å². The van der Waals surface area contributed by atoms with E-state index in [1.807, 2.05) is 23.6 Å². The summed E-state index contributed by atoms with van der Waals surface area (Å²) in [6.07, 6.45) is 7.33. The van der Waals surface area contributed by atoms with Crippen LogP contribution in [0.3, 0.4) is 0 Å². The van der Waals surface area contributed by atoms with Crippen LogP contribution in [0.25, 0.3) is 11.2 Å². The Balaban J connectivity index is 1.50. The Labute approximate surface area is 159 Å². The summed E-state index contributed by atoms with van der Waals surface area (Å²) in [6, 6.07) is 3.85. The Morgan fingerprint density at radius 1 is 1.15 bits per heavy atom. The summed E-state index contributed by atoms with van der Waals surface area (Å²) in [5.74, 6) is 1.23. The molecule has 1 aliphatic rings. The Morgan fingerprint density at radius 2 is 1.88 bits per heavy atom. The van der Waals surface area contributed by atoms with Crippen LogP contribution in [0, 0.1) is 5.92 Å². The van der Waals surface area contributed by atoms with Gasteiger partial charge in [0.05, 0.1) is 9.99 Å². The fourth-order valence-corrected chi connectivity index (χ4v) is 3.86. The van der Waals surface area contributed by atoms with Gasteiger partial charge in [-0.15, -0.1) is 0 Å². The molecule has 1 saturated heterocycles.